The van der Waals surface area contributed by atoms with Crippen LogP contribution in [0.4, 0.5) is 5.69 Å². The van der Waals surface area contributed by atoms with Crippen LogP contribution in [0.2, 0.25) is 5.02 Å². The van der Waals surface area contributed by atoms with E-state index in [0.29, 0.717) is 6.54 Å². The monoisotopic (exact) mass is 282 g/mol. The lowest BCUT2D eigenvalue weighted by Crippen LogP contribution is -2.54. The van der Waals surface area contributed by atoms with Gasteiger partial charge in [-0.2, -0.15) is 0 Å². The molecule has 0 fully saturated rings. The van der Waals surface area contributed by atoms with Crippen LogP contribution in [-0.2, 0) is 0 Å². The van der Waals surface area contributed by atoms with E-state index in [1.165, 1.54) is 0 Å². The zero-order valence-electron chi connectivity index (χ0n) is 11.9. The van der Waals surface area contributed by atoms with E-state index in [2.05, 4.69) is 25.7 Å². The predicted octanol–water partition coefficient (Wildman–Crippen LogP) is 3.44. The van der Waals surface area contributed by atoms with Gasteiger partial charge < -0.3 is 15.4 Å². The fourth-order valence-corrected chi connectivity index (χ4v) is 2.77. The van der Waals surface area contributed by atoms with Crippen molar-refractivity contribution in [1.29, 1.82) is 0 Å². The van der Waals surface area contributed by atoms with E-state index in [1.807, 2.05) is 18.2 Å². The minimum atomic E-state index is -0.121. The highest BCUT2D eigenvalue weighted by Gasteiger charge is 2.38. The Balaban J connectivity index is 2.45. The second-order valence-electron chi connectivity index (χ2n) is 5.32. The first-order chi connectivity index (χ1) is 9.05. The highest BCUT2D eigenvalue weighted by molar-refractivity contribution is 6.31. The van der Waals surface area contributed by atoms with Crippen LogP contribution in [0.1, 0.15) is 33.6 Å². The van der Waals surface area contributed by atoms with Crippen LogP contribution in [0.15, 0.2) is 18.2 Å². The molecule has 0 aliphatic carbocycles. The van der Waals surface area contributed by atoms with Gasteiger partial charge in [0.05, 0.1) is 12.2 Å². The third-order valence-electron chi connectivity index (χ3n) is 4.18. The number of ether oxygens (including phenoxy) is 1. The van der Waals surface area contributed by atoms with E-state index in [-0.39, 0.29) is 11.6 Å². The smallest absolute Gasteiger partial charge is 0.143 e. The minimum Gasteiger partial charge on any atom is -0.483 e. The van der Waals surface area contributed by atoms with Crippen molar-refractivity contribution in [1.82, 2.24) is 0 Å². The highest BCUT2D eigenvalue weighted by atomic mass is 35.5. The molecule has 0 saturated heterocycles. The van der Waals surface area contributed by atoms with E-state index in [1.54, 1.807) is 0 Å². The Hall–Kier alpha value is -0.930. The number of fused-ring (bicyclic) bond motifs is 1. The molecule has 0 saturated carbocycles. The first-order valence-corrected chi connectivity index (χ1v) is 7.38. The lowest BCUT2D eigenvalue weighted by atomic mass is 9.93. The number of anilines is 1. The van der Waals surface area contributed by atoms with Crippen LogP contribution in [0.3, 0.4) is 0 Å². The molecule has 0 spiro atoms. The van der Waals surface area contributed by atoms with Gasteiger partial charge in [0.1, 0.15) is 11.4 Å². The van der Waals surface area contributed by atoms with Gasteiger partial charge in [-0.05, 0) is 38.0 Å². The average Bonchev–Trinajstić information content (AvgIpc) is 2.45. The zero-order chi connectivity index (χ0) is 14.0. The van der Waals surface area contributed by atoms with Gasteiger partial charge in [0.2, 0.25) is 0 Å². The van der Waals surface area contributed by atoms with Crippen molar-refractivity contribution >= 4 is 17.3 Å². The summed E-state index contributed by atoms with van der Waals surface area (Å²) in [4.78, 5) is 2.33. The number of hydrogen-bond donors (Lipinski definition) is 1. The molecule has 0 aromatic heterocycles. The van der Waals surface area contributed by atoms with Crippen LogP contribution in [0.25, 0.3) is 0 Å². The Labute approximate surface area is 120 Å². The van der Waals surface area contributed by atoms with Crippen molar-refractivity contribution in [3.63, 3.8) is 0 Å². The zero-order valence-corrected chi connectivity index (χ0v) is 12.7. The van der Waals surface area contributed by atoms with Gasteiger partial charge in [0.15, 0.2) is 0 Å². The van der Waals surface area contributed by atoms with Crippen LogP contribution in [-0.4, -0.2) is 24.7 Å². The Kier molecular flexibility index (Phi) is 4.26. The highest BCUT2D eigenvalue weighted by Crippen LogP contribution is 2.41. The van der Waals surface area contributed by atoms with Gasteiger partial charge >= 0.3 is 0 Å². The summed E-state index contributed by atoms with van der Waals surface area (Å²) in [6, 6.07) is 6.09. The molecule has 106 valence electrons. The first-order valence-electron chi connectivity index (χ1n) is 7.00. The van der Waals surface area contributed by atoms with Crippen molar-refractivity contribution in [3.05, 3.63) is 23.2 Å². The van der Waals surface area contributed by atoms with E-state index in [9.17, 15) is 0 Å². The number of hydrogen-bond acceptors (Lipinski definition) is 3. The number of nitrogens with zero attached hydrogens (tertiary/aromatic N) is 1. The van der Waals surface area contributed by atoms with Crippen molar-refractivity contribution in [2.45, 2.75) is 45.3 Å². The molecule has 1 atom stereocenters. The second kappa shape index (κ2) is 5.59. The van der Waals surface area contributed by atoms with Crippen molar-refractivity contribution < 1.29 is 4.74 Å². The Bertz CT molecular complexity index is 446. The van der Waals surface area contributed by atoms with Gasteiger partial charge in [-0.1, -0.05) is 25.4 Å². The SMILES string of the molecule is CCC1(CC)CN(C(C)CN)c2cc(Cl)ccc2O1. The standard InChI is InChI=1S/C15H23ClN2O/c1-4-15(5-2)10-18(11(3)9-17)13-8-12(16)6-7-14(13)19-15/h6-8,11H,4-5,9-10,17H2,1-3H3. The molecule has 1 unspecified atom stereocenters. The third kappa shape index (κ3) is 2.67. The maximum absolute atomic E-state index is 6.26. The molecular formula is C15H23ClN2O. The minimum absolute atomic E-state index is 0.121. The third-order valence-corrected chi connectivity index (χ3v) is 4.41. The average molecular weight is 283 g/mol. The molecule has 1 aromatic rings. The van der Waals surface area contributed by atoms with Crippen molar-refractivity contribution in [2.24, 2.45) is 5.73 Å². The van der Waals surface area contributed by atoms with Crippen LogP contribution >= 0.6 is 11.6 Å². The molecule has 1 aliphatic rings. The molecule has 0 bridgehead atoms. The summed E-state index contributed by atoms with van der Waals surface area (Å²) in [5.41, 5.74) is 6.79. The van der Waals surface area contributed by atoms with Gasteiger partial charge in [0.25, 0.3) is 0 Å². The number of rotatable bonds is 4. The predicted molar refractivity (Wildman–Crippen MR) is 81.3 cm³/mol. The maximum atomic E-state index is 6.26. The van der Waals surface area contributed by atoms with Gasteiger partial charge in [-0.25, -0.2) is 0 Å². The lowest BCUT2D eigenvalue weighted by molar-refractivity contribution is 0.0554. The first kappa shape index (κ1) is 14.5. The molecule has 2 rings (SSSR count). The number of nitrogens with two attached hydrogens (primary N) is 1. The molecule has 1 aliphatic heterocycles. The summed E-state index contributed by atoms with van der Waals surface area (Å²) in [6.45, 7) is 7.98. The molecular weight excluding hydrogens is 260 g/mol. The Morgan fingerprint density at radius 2 is 2.11 bits per heavy atom. The molecule has 19 heavy (non-hydrogen) atoms. The van der Waals surface area contributed by atoms with Gasteiger partial charge in [-0.15, -0.1) is 0 Å². The quantitative estimate of drug-likeness (QED) is 0.919. The van der Waals surface area contributed by atoms with E-state index >= 15 is 0 Å². The summed E-state index contributed by atoms with van der Waals surface area (Å²) in [6.07, 6.45) is 1.97. The maximum Gasteiger partial charge on any atom is 0.143 e. The van der Waals surface area contributed by atoms with Crippen molar-refractivity contribution in [3.8, 4) is 5.75 Å². The van der Waals surface area contributed by atoms with Gasteiger partial charge in [-0.3, -0.25) is 0 Å². The van der Waals surface area contributed by atoms with E-state index in [0.717, 1.165) is 35.8 Å². The molecule has 3 nitrogen and oxygen atoms in total. The summed E-state index contributed by atoms with van der Waals surface area (Å²) in [5, 5.41) is 0.733. The fourth-order valence-electron chi connectivity index (χ4n) is 2.60. The molecule has 1 heterocycles. The van der Waals surface area contributed by atoms with Crippen LogP contribution in [0, 0.1) is 0 Å². The Morgan fingerprint density at radius 1 is 1.42 bits per heavy atom. The Morgan fingerprint density at radius 3 is 2.68 bits per heavy atom. The molecule has 1 aromatic carbocycles. The molecule has 2 N–H and O–H groups in total. The topological polar surface area (TPSA) is 38.5 Å². The van der Waals surface area contributed by atoms with Crippen LogP contribution in [0.5, 0.6) is 5.75 Å². The van der Waals surface area contributed by atoms with E-state index < -0.39 is 0 Å². The van der Waals surface area contributed by atoms with Crippen molar-refractivity contribution in [2.75, 3.05) is 18.0 Å². The fraction of sp³-hybridized carbons (Fsp3) is 0.600. The number of halogens is 1. The number of benzene rings is 1. The summed E-state index contributed by atoms with van der Waals surface area (Å²) < 4.78 is 6.26. The summed E-state index contributed by atoms with van der Waals surface area (Å²) in [5.74, 6) is 0.916. The molecule has 0 radical (unpaired) electrons. The summed E-state index contributed by atoms with van der Waals surface area (Å²) in [7, 11) is 0. The molecule has 0 amide bonds. The molecule has 4 heteroatoms. The van der Waals surface area contributed by atoms with Crippen LogP contribution < -0.4 is 15.4 Å². The largest absolute Gasteiger partial charge is 0.483 e. The summed E-state index contributed by atoms with van der Waals surface area (Å²) >= 11 is 6.12. The van der Waals surface area contributed by atoms with E-state index in [4.69, 9.17) is 22.1 Å². The lowest BCUT2D eigenvalue weighted by Gasteiger charge is -2.46. The second-order valence-corrected chi connectivity index (χ2v) is 5.75. The normalized spacial score (nSPS) is 18.7. The van der Waals surface area contributed by atoms with Gasteiger partial charge in [0, 0.05) is 17.6 Å².